The van der Waals surface area contributed by atoms with E-state index in [0.717, 1.165) is 4.47 Å². The Morgan fingerprint density at radius 1 is 1.58 bits per heavy atom. The Labute approximate surface area is 119 Å². The van der Waals surface area contributed by atoms with Crippen molar-refractivity contribution in [3.05, 3.63) is 22.4 Å². The minimum Gasteiger partial charge on any atom is -0.480 e. The number of carbonyl (C=O) groups is 2. The Morgan fingerprint density at radius 3 is 2.74 bits per heavy atom. The molecule has 0 saturated heterocycles. The third-order valence-electron chi connectivity index (χ3n) is 2.65. The Bertz CT molecular complexity index is 459. The van der Waals surface area contributed by atoms with Crippen LogP contribution in [0.25, 0.3) is 0 Å². The zero-order valence-corrected chi connectivity index (χ0v) is 12.4. The average molecular weight is 333 g/mol. The first-order valence-electron chi connectivity index (χ1n) is 5.80. The number of nitrogens with zero attached hydrogens (tertiary/aromatic N) is 1. The molecule has 2 N–H and O–H groups in total. The van der Waals surface area contributed by atoms with Crippen molar-refractivity contribution in [1.29, 1.82) is 0 Å². The quantitative estimate of drug-likeness (QED) is 0.739. The predicted octanol–water partition coefficient (Wildman–Crippen LogP) is 1.40. The maximum Gasteiger partial charge on any atom is 0.326 e. The van der Waals surface area contributed by atoms with E-state index in [0.29, 0.717) is 25.1 Å². The highest BCUT2D eigenvalue weighted by atomic mass is 79.9. The summed E-state index contributed by atoms with van der Waals surface area (Å²) in [4.78, 5) is 23.1. The maximum absolute atomic E-state index is 12.0. The molecule has 0 aliphatic carbocycles. The van der Waals surface area contributed by atoms with Crippen LogP contribution in [0.2, 0.25) is 0 Å². The van der Waals surface area contributed by atoms with Crippen LogP contribution >= 0.6 is 15.9 Å². The number of hydrogen-bond donors (Lipinski definition) is 2. The second kappa shape index (κ2) is 7.30. The van der Waals surface area contributed by atoms with E-state index >= 15 is 0 Å². The van der Waals surface area contributed by atoms with Crippen LogP contribution in [0, 0.1) is 0 Å². The van der Waals surface area contributed by atoms with Gasteiger partial charge in [0, 0.05) is 31.4 Å². The number of carboxylic acid groups (broad SMARTS) is 1. The lowest BCUT2D eigenvalue weighted by atomic mass is 10.1. The molecule has 0 saturated carbocycles. The highest BCUT2D eigenvalue weighted by Crippen LogP contribution is 2.14. The molecule has 19 heavy (non-hydrogen) atoms. The fourth-order valence-corrected chi connectivity index (χ4v) is 2.20. The van der Waals surface area contributed by atoms with E-state index in [4.69, 9.17) is 9.84 Å². The largest absolute Gasteiger partial charge is 0.480 e. The Hall–Kier alpha value is -1.34. The summed E-state index contributed by atoms with van der Waals surface area (Å²) in [6, 6.07) is 0.736. The summed E-state index contributed by atoms with van der Waals surface area (Å²) in [6.45, 7) is 0.468. The van der Waals surface area contributed by atoms with Gasteiger partial charge in [-0.1, -0.05) is 0 Å². The summed E-state index contributed by atoms with van der Waals surface area (Å²) in [5.41, 5.74) is 0.407. The van der Waals surface area contributed by atoms with Crippen molar-refractivity contribution in [2.75, 3.05) is 13.7 Å². The molecule has 106 valence electrons. The van der Waals surface area contributed by atoms with Crippen molar-refractivity contribution >= 4 is 27.8 Å². The number of amides is 1. The molecule has 1 unspecified atom stereocenters. The second-order valence-corrected chi connectivity index (χ2v) is 5.07. The van der Waals surface area contributed by atoms with Gasteiger partial charge in [-0.05, 0) is 34.8 Å². The van der Waals surface area contributed by atoms with E-state index in [2.05, 4.69) is 21.2 Å². The summed E-state index contributed by atoms with van der Waals surface area (Å²) >= 11 is 3.26. The van der Waals surface area contributed by atoms with Crippen molar-refractivity contribution in [3.63, 3.8) is 0 Å². The third kappa shape index (κ3) is 4.68. The Balaban J connectivity index is 2.66. The van der Waals surface area contributed by atoms with E-state index in [1.165, 1.54) is 0 Å². The lowest BCUT2D eigenvalue weighted by Crippen LogP contribution is -2.41. The van der Waals surface area contributed by atoms with Gasteiger partial charge in [0.1, 0.15) is 11.7 Å². The number of aliphatic carboxylic acids is 1. The topological polar surface area (TPSA) is 80.6 Å². The van der Waals surface area contributed by atoms with Gasteiger partial charge in [0.25, 0.3) is 5.91 Å². The summed E-state index contributed by atoms with van der Waals surface area (Å²) in [5.74, 6) is -1.45. The Morgan fingerprint density at radius 2 is 2.26 bits per heavy atom. The van der Waals surface area contributed by atoms with Crippen LogP contribution < -0.4 is 5.32 Å². The summed E-state index contributed by atoms with van der Waals surface area (Å²) in [6.07, 6.45) is 2.64. The van der Waals surface area contributed by atoms with Crippen molar-refractivity contribution in [2.24, 2.45) is 7.05 Å². The number of rotatable bonds is 7. The number of carbonyl (C=O) groups excluding carboxylic acids is 1. The van der Waals surface area contributed by atoms with Crippen molar-refractivity contribution < 1.29 is 19.4 Å². The third-order valence-corrected chi connectivity index (χ3v) is 3.08. The van der Waals surface area contributed by atoms with Gasteiger partial charge < -0.3 is 19.7 Å². The van der Waals surface area contributed by atoms with Gasteiger partial charge in [-0.25, -0.2) is 4.79 Å². The minimum atomic E-state index is -1.04. The van der Waals surface area contributed by atoms with E-state index in [9.17, 15) is 9.59 Å². The lowest BCUT2D eigenvalue weighted by molar-refractivity contribution is -0.139. The van der Waals surface area contributed by atoms with Crippen LogP contribution in [0.4, 0.5) is 0 Å². The normalized spacial score (nSPS) is 12.2. The molecule has 0 radical (unpaired) electrons. The molecular formula is C12H17BrN2O4. The predicted molar refractivity (Wildman–Crippen MR) is 73.1 cm³/mol. The van der Waals surface area contributed by atoms with Crippen LogP contribution in [0.5, 0.6) is 0 Å². The van der Waals surface area contributed by atoms with Gasteiger partial charge in [0.05, 0.1) is 0 Å². The summed E-state index contributed by atoms with van der Waals surface area (Å²) in [5, 5.41) is 11.6. The lowest BCUT2D eigenvalue weighted by Gasteiger charge is -2.14. The van der Waals surface area contributed by atoms with E-state index in [1.54, 1.807) is 31.0 Å². The molecule has 0 aliphatic heterocycles. The smallest absolute Gasteiger partial charge is 0.326 e. The molecule has 1 heterocycles. The molecule has 0 bridgehead atoms. The molecule has 0 spiro atoms. The van der Waals surface area contributed by atoms with Crippen molar-refractivity contribution in [2.45, 2.75) is 18.9 Å². The fourth-order valence-electron chi connectivity index (χ4n) is 1.67. The number of carboxylic acids is 1. The monoisotopic (exact) mass is 332 g/mol. The number of aryl methyl sites for hydroxylation is 1. The number of ether oxygens (including phenoxy) is 1. The van der Waals surface area contributed by atoms with Gasteiger partial charge in [0.15, 0.2) is 0 Å². The molecule has 0 aliphatic rings. The molecule has 1 aromatic heterocycles. The standard InChI is InChI=1S/C12H17BrN2O4/c1-15-7-8(13)6-10(15)11(16)14-9(12(17)18)4-3-5-19-2/h6-7,9H,3-5H2,1-2H3,(H,14,16)(H,17,18). The van der Waals surface area contributed by atoms with E-state index in [1.807, 2.05) is 0 Å². The van der Waals surface area contributed by atoms with Crippen LogP contribution in [0.15, 0.2) is 16.7 Å². The van der Waals surface area contributed by atoms with Gasteiger partial charge in [-0.2, -0.15) is 0 Å². The van der Waals surface area contributed by atoms with E-state index < -0.39 is 17.9 Å². The van der Waals surface area contributed by atoms with Gasteiger partial charge in [0.2, 0.25) is 0 Å². The second-order valence-electron chi connectivity index (χ2n) is 4.15. The molecule has 0 aromatic carbocycles. The van der Waals surface area contributed by atoms with Crippen LogP contribution in [0.1, 0.15) is 23.3 Å². The highest BCUT2D eigenvalue weighted by molar-refractivity contribution is 9.10. The van der Waals surface area contributed by atoms with Crippen molar-refractivity contribution in [1.82, 2.24) is 9.88 Å². The van der Waals surface area contributed by atoms with Gasteiger partial charge in [-0.3, -0.25) is 4.79 Å². The molecule has 0 fully saturated rings. The number of methoxy groups -OCH3 is 1. The molecule has 6 nitrogen and oxygen atoms in total. The fraction of sp³-hybridized carbons (Fsp3) is 0.500. The highest BCUT2D eigenvalue weighted by Gasteiger charge is 2.21. The zero-order valence-electron chi connectivity index (χ0n) is 10.9. The first-order chi connectivity index (χ1) is 8.95. The minimum absolute atomic E-state index is 0.334. The first-order valence-corrected chi connectivity index (χ1v) is 6.59. The van der Waals surface area contributed by atoms with Crippen LogP contribution in [-0.4, -0.2) is 41.3 Å². The van der Waals surface area contributed by atoms with Gasteiger partial charge in [-0.15, -0.1) is 0 Å². The first kappa shape index (κ1) is 15.7. The van der Waals surface area contributed by atoms with Crippen LogP contribution in [-0.2, 0) is 16.6 Å². The molecule has 1 aromatic rings. The number of aromatic nitrogens is 1. The Kier molecular flexibility index (Phi) is 6.04. The molecule has 1 rings (SSSR count). The molecule has 1 atom stereocenters. The van der Waals surface area contributed by atoms with Crippen molar-refractivity contribution in [3.8, 4) is 0 Å². The summed E-state index contributed by atoms with van der Waals surface area (Å²) in [7, 11) is 3.27. The molecular weight excluding hydrogens is 316 g/mol. The van der Waals surface area contributed by atoms with E-state index in [-0.39, 0.29) is 0 Å². The number of hydrogen-bond acceptors (Lipinski definition) is 3. The maximum atomic E-state index is 12.0. The number of nitrogens with one attached hydrogen (secondary N) is 1. The van der Waals surface area contributed by atoms with Crippen LogP contribution in [0.3, 0.4) is 0 Å². The number of halogens is 1. The average Bonchev–Trinajstić information content (AvgIpc) is 2.67. The molecule has 1 amide bonds. The molecule has 7 heteroatoms. The summed E-state index contributed by atoms with van der Waals surface area (Å²) < 4.78 is 7.27. The zero-order chi connectivity index (χ0) is 14.4. The van der Waals surface area contributed by atoms with Gasteiger partial charge >= 0.3 is 5.97 Å². The SMILES string of the molecule is COCCCC(NC(=O)c1cc(Br)cn1C)C(=O)O.